The Kier molecular flexibility index (Phi) is 6.48. The van der Waals surface area contributed by atoms with Crippen molar-refractivity contribution in [3.05, 3.63) is 82.9 Å². The number of aliphatic hydroxyl groups excluding tert-OH is 1. The van der Waals surface area contributed by atoms with E-state index in [0.717, 1.165) is 12.0 Å². The Morgan fingerprint density at radius 3 is 2.19 bits per heavy atom. The summed E-state index contributed by atoms with van der Waals surface area (Å²) in [5, 5.41) is 11.4. The van der Waals surface area contributed by atoms with E-state index in [4.69, 9.17) is 18.9 Å². The van der Waals surface area contributed by atoms with E-state index in [1.807, 2.05) is 31.2 Å². The fourth-order valence-corrected chi connectivity index (χ4v) is 4.63. The summed E-state index contributed by atoms with van der Waals surface area (Å²) >= 11 is 0. The van der Waals surface area contributed by atoms with Crippen LogP contribution in [-0.4, -0.2) is 44.2 Å². The van der Waals surface area contributed by atoms with Crippen LogP contribution in [-0.2, 0) is 16.0 Å². The summed E-state index contributed by atoms with van der Waals surface area (Å²) in [6, 6.07) is 16.7. The molecule has 0 radical (unpaired) electrons. The van der Waals surface area contributed by atoms with Crippen molar-refractivity contribution in [1.82, 2.24) is 0 Å². The van der Waals surface area contributed by atoms with E-state index in [0.29, 0.717) is 53.0 Å². The second-order valence-corrected chi connectivity index (χ2v) is 8.69. The molecule has 190 valence electrons. The number of hydrogen-bond donors (Lipinski definition) is 1. The van der Waals surface area contributed by atoms with Gasteiger partial charge in [-0.25, -0.2) is 0 Å². The van der Waals surface area contributed by atoms with E-state index in [-0.39, 0.29) is 11.3 Å². The first-order valence-corrected chi connectivity index (χ1v) is 12.0. The minimum absolute atomic E-state index is 0.0206. The lowest BCUT2D eigenvalue weighted by Crippen LogP contribution is -2.29. The van der Waals surface area contributed by atoms with Crippen molar-refractivity contribution in [3.63, 3.8) is 0 Å². The summed E-state index contributed by atoms with van der Waals surface area (Å²) in [5.41, 5.74) is 2.52. The standard InChI is InChI=1S/C29H27NO7/c1-4-17-5-7-18(8-6-17)26-25(27(31)19-9-10-23-24(13-19)37-12-11-36-23)28(32)29(33)30(26)20-14-21(34-2)16-22(15-20)35-3/h5-10,13-16,26,31H,4,11-12H2,1-3H3/b27-25-. The van der Waals surface area contributed by atoms with Crippen molar-refractivity contribution in [1.29, 1.82) is 0 Å². The van der Waals surface area contributed by atoms with Gasteiger partial charge in [-0.15, -0.1) is 0 Å². The van der Waals surface area contributed by atoms with Gasteiger partial charge < -0.3 is 24.1 Å². The number of ether oxygens (including phenoxy) is 4. The molecule has 0 saturated carbocycles. The van der Waals surface area contributed by atoms with E-state index in [1.54, 1.807) is 36.4 Å². The van der Waals surface area contributed by atoms with Crippen molar-refractivity contribution >= 4 is 23.1 Å². The number of Topliss-reactive ketones (excluding diaryl/α,β-unsaturated/α-hetero) is 1. The predicted octanol–water partition coefficient (Wildman–Crippen LogP) is 4.66. The Balaban J connectivity index is 1.70. The average Bonchev–Trinajstić information content (AvgIpc) is 3.21. The van der Waals surface area contributed by atoms with Gasteiger partial charge in [-0.2, -0.15) is 0 Å². The number of amides is 1. The Bertz CT molecular complexity index is 1370. The van der Waals surface area contributed by atoms with Crippen LogP contribution in [0.15, 0.2) is 66.2 Å². The SMILES string of the molecule is CCc1ccc(C2/C(=C(/O)c3ccc4c(c3)OCCO4)C(=O)C(=O)N2c2cc(OC)cc(OC)c2)cc1. The van der Waals surface area contributed by atoms with Crippen molar-refractivity contribution < 1.29 is 33.6 Å². The highest BCUT2D eigenvalue weighted by molar-refractivity contribution is 6.51. The van der Waals surface area contributed by atoms with Crippen molar-refractivity contribution in [3.8, 4) is 23.0 Å². The number of rotatable bonds is 6. The van der Waals surface area contributed by atoms with Gasteiger partial charge in [0.1, 0.15) is 30.5 Å². The quantitative estimate of drug-likeness (QED) is 0.298. The zero-order valence-electron chi connectivity index (χ0n) is 20.8. The van der Waals surface area contributed by atoms with Gasteiger partial charge in [0.25, 0.3) is 11.7 Å². The summed E-state index contributed by atoms with van der Waals surface area (Å²) in [6.07, 6.45) is 0.838. The molecule has 5 rings (SSSR count). The minimum atomic E-state index is -0.879. The maximum Gasteiger partial charge on any atom is 0.300 e. The molecule has 1 atom stereocenters. The fraction of sp³-hybridized carbons (Fsp3) is 0.241. The van der Waals surface area contributed by atoms with E-state index in [2.05, 4.69) is 0 Å². The minimum Gasteiger partial charge on any atom is -0.507 e. The number of fused-ring (bicyclic) bond motifs is 1. The van der Waals surface area contributed by atoms with E-state index >= 15 is 0 Å². The number of benzene rings is 3. The van der Waals surface area contributed by atoms with Crippen LogP contribution in [0.3, 0.4) is 0 Å². The molecular weight excluding hydrogens is 474 g/mol. The lowest BCUT2D eigenvalue weighted by atomic mass is 9.94. The summed E-state index contributed by atoms with van der Waals surface area (Å²) < 4.78 is 22.0. The molecule has 2 aliphatic rings. The topological polar surface area (TPSA) is 94.5 Å². The van der Waals surface area contributed by atoms with Gasteiger partial charge in [-0.05, 0) is 35.7 Å². The molecule has 0 bridgehead atoms. The van der Waals surface area contributed by atoms with Crippen LogP contribution < -0.4 is 23.8 Å². The van der Waals surface area contributed by atoms with E-state index in [1.165, 1.54) is 19.1 Å². The summed E-state index contributed by atoms with van der Waals surface area (Å²) in [4.78, 5) is 28.3. The molecule has 37 heavy (non-hydrogen) atoms. The molecule has 8 heteroatoms. The maximum absolute atomic E-state index is 13.5. The number of anilines is 1. The number of methoxy groups -OCH3 is 2. The Morgan fingerprint density at radius 1 is 0.919 bits per heavy atom. The highest BCUT2D eigenvalue weighted by Gasteiger charge is 2.47. The maximum atomic E-state index is 13.5. The third-order valence-corrected chi connectivity index (χ3v) is 6.58. The van der Waals surface area contributed by atoms with Gasteiger partial charge in [0, 0.05) is 23.8 Å². The molecule has 3 aromatic rings. The third kappa shape index (κ3) is 4.35. The van der Waals surface area contributed by atoms with Crippen LogP contribution in [0, 0.1) is 0 Å². The Labute approximate surface area is 214 Å². The van der Waals surface area contributed by atoms with Crippen molar-refractivity contribution in [2.24, 2.45) is 0 Å². The molecular formula is C29H27NO7. The second-order valence-electron chi connectivity index (χ2n) is 8.69. The lowest BCUT2D eigenvalue weighted by molar-refractivity contribution is -0.132. The largest absolute Gasteiger partial charge is 0.507 e. The van der Waals surface area contributed by atoms with Crippen molar-refractivity contribution in [2.45, 2.75) is 19.4 Å². The number of ketones is 1. The Hall–Kier alpha value is -4.46. The smallest absolute Gasteiger partial charge is 0.300 e. The van der Waals surface area contributed by atoms with Gasteiger partial charge >= 0.3 is 0 Å². The first-order valence-electron chi connectivity index (χ1n) is 12.0. The van der Waals surface area contributed by atoms with Gasteiger partial charge in [-0.1, -0.05) is 31.2 Å². The third-order valence-electron chi connectivity index (χ3n) is 6.58. The van der Waals surface area contributed by atoms with Crippen LogP contribution in [0.1, 0.15) is 29.7 Å². The highest BCUT2D eigenvalue weighted by Crippen LogP contribution is 2.44. The molecule has 1 saturated heterocycles. The monoisotopic (exact) mass is 501 g/mol. The summed E-state index contributed by atoms with van der Waals surface area (Å²) in [7, 11) is 3.02. The van der Waals surface area contributed by atoms with E-state index < -0.39 is 17.7 Å². The first kappa shape index (κ1) is 24.2. The van der Waals surface area contributed by atoms with Gasteiger partial charge in [0.15, 0.2) is 11.5 Å². The molecule has 0 aromatic heterocycles. The zero-order chi connectivity index (χ0) is 26.1. The number of aliphatic hydroxyl groups is 1. The average molecular weight is 502 g/mol. The molecule has 0 aliphatic carbocycles. The van der Waals surface area contributed by atoms with Crippen LogP contribution in [0.2, 0.25) is 0 Å². The van der Waals surface area contributed by atoms with Gasteiger partial charge in [0.05, 0.1) is 31.5 Å². The lowest BCUT2D eigenvalue weighted by Gasteiger charge is -2.26. The number of hydrogen-bond acceptors (Lipinski definition) is 7. The van der Waals surface area contributed by atoms with Crippen LogP contribution >= 0.6 is 0 Å². The molecule has 1 N–H and O–H groups in total. The number of aryl methyl sites for hydroxylation is 1. The van der Waals surface area contributed by atoms with Crippen molar-refractivity contribution in [2.75, 3.05) is 32.3 Å². The van der Waals surface area contributed by atoms with E-state index in [9.17, 15) is 14.7 Å². The van der Waals surface area contributed by atoms with Crippen LogP contribution in [0.4, 0.5) is 5.69 Å². The van der Waals surface area contributed by atoms with Gasteiger partial charge in [-0.3, -0.25) is 14.5 Å². The number of nitrogens with zero attached hydrogens (tertiary/aromatic N) is 1. The Morgan fingerprint density at radius 2 is 1.57 bits per heavy atom. The van der Waals surface area contributed by atoms with Gasteiger partial charge in [0.2, 0.25) is 0 Å². The zero-order valence-corrected chi connectivity index (χ0v) is 20.8. The fourth-order valence-electron chi connectivity index (χ4n) is 4.63. The molecule has 3 aromatic carbocycles. The normalized spacial score (nSPS) is 18.1. The highest BCUT2D eigenvalue weighted by atomic mass is 16.6. The molecule has 0 spiro atoms. The number of carbonyl (C=O) groups is 2. The molecule has 1 unspecified atom stereocenters. The van der Waals surface area contributed by atoms with Crippen LogP contribution in [0.5, 0.6) is 23.0 Å². The summed E-state index contributed by atoms with van der Waals surface area (Å²) in [6.45, 7) is 2.86. The number of carbonyl (C=O) groups excluding carboxylic acids is 2. The molecule has 2 heterocycles. The molecule has 1 fully saturated rings. The predicted molar refractivity (Wildman–Crippen MR) is 138 cm³/mol. The molecule has 8 nitrogen and oxygen atoms in total. The molecule has 2 aliphatic heterocycles. The second kappa shape index (κ2) is 9.89. The molecule has 1 amide bonds. The first-order chi connectivity index (χ1) is 17.9. The summed E-state index contributed by atoms with van der Waals surface area (Å²) in [5.74, 6) is 0.0886. The van der Waals surface area contributed by atoms with Crippen LogP contribution in [0.25, 0.3) is 5.76 Å².